The van der Waals surface area contributed by atoms with Crippen LogP contribution in [0.2, 0.25) is 0 Å². The van der Waals surface area contributed by atoms with E-state index in [1.807, 2.05) is 0 Å². The van der Waals surface area contributed by atoms with Crippen LogP contribution in [-0.2, 0) is 14.6 Å². The van der Waals surface area contributed by atoms with E-state index in [0.717, 1.165) is 25.9 Å². The predicted octanol–water partition coefficient (Wildman–Crippen LogP) is 0.0679. The van der Waals surface area contributed by atoms with Gasteiger partial charge in [0, 0.05) is 6.04 Å². The zero-order valence-electron chi connectivity index (χ0n) is 10.8. The number of carbonyl (C=O) groups excluding carboxylic acids is 1. The van der Waals surface area contributed by atoms with Crippen molar-refractivity contribution in [2.75, 3.05) is 18.8 Å². The number of piperidine rings is 1. The second kappa shape index (κ2) is 5.57. The topological polar surface area (TPSA) is 75.3 Å². The molecule has 0 spiro atoms. The molecule has 1 amide bonds. The third-order valence-electron chi connectivity index (χ3n) is 3.98. The van der Waals surface area contributed by atoms with Crippen molar-refractivity contribution < 1.29 is 13.2 Å². The van der Waals surface area contributed by atoms with E-state index in [-0.39, 0.29) is 17.7 Å². The van der Waals surface area contributed by atoms with Crippen molar-refractivity contribution in [3.05, 3.63) is 0 Å². The summed E-state index contributed by atoms with van der Waals surface area (Å²) in [6, 6.07) is 0.107. The highest BCUT2D eigenvalue weighted by Crippen LogP contribution is 2.20. The summed E-state index contributed by atoms with van der Waals surface area (Å²) in [4.78, 5) is 12.1. The van der Waals surface area contributed by atoms with Gasteiger partial charge in [-0.15, -0.1) is 0 Å². The smallest absolute Gasteiger partial charge is 0.238 e. The lowest BCUT2D eigenvalue weighted by molar-refractivity contribution is -0.122. The summed E-state index contributed by atoms with van der Waals surface area (Å²) in [5.41, 5.74) is 0. The van der Waals surface area contributed by atoms with Crippen LogP contribution in [0.15, 0.2) is 0 Å². The molecule has 6 heteroatoms. The van der Waals surface area contributed by atoms with Crippen LogP contribution >= 0.6 is 0 Å². The Hall–Kier alpha value is -0.620. The minimum absolute atomic E-state index is 0.107. The lowest BCUT2D eigenvalue weighted by Gasteiger charge is -2.32. The molecule has 0 aromatic carbocycles. The lowest BCUT2D eigenvalue weighted by atomic mass is 9.95. The summed E-state index contributed by atoms with van der Waals surface area (Å²) in [6.07, 6.45) is 2.88. The molecule has 5 nitrogen and oxygen atoms in total. The fourth-order valence-electron chi connectivity index (χ4n) is 2.75. The van der Waals surface area contributed by atoms with Crippen molar-refractivity contribution in [1.82, 2.24) is 10.6 Å². The van der Waals surface area contributed by atoms with Gasteiger partial charge in [-0.1, -0.05) is 13.3 Å². The van der Waals surface area contributed by atoms with E-state index < -0.39 is 15.1 Å². The number of amides is 1. The number of sulfone groups is 1. The Morgan fingerprint density at radius 2 is 2.06 bits per heavy atom. The molecule has 0 aliphatic carbocycles. The number of hydrogen-bond acceptors (Lipinski definition) is 4. The first-order valence-electron chi connectivity index (χ1n) is 6.73. The SMILES string of the molecule is CC1CNCCC1NC(=O)C1CCCCS1(=O)=O. The maximum atomic E-state index is 12.1. The molecule has 3 unspecified atom stereocenters. The van der Waals surface area contributed by atoms with E-state index in [1.165, 1.54) is 0 Å². The molecule has 3 atom stereocenters. The third kappa shape index (κ3) is 3.03. The number of carbonyl (C=O) groups is 1. The number of hydrogen-bond donors (Lipinski definition) is 2. The lowest BCUT2D eigenvalue weighted by Crippen LogP contribution is -2.52. The third-order valence-corrected chi connectivity index (χ3v) is 6.16. The van der Waals surface area contributed by atoms with Gasteiger partial charge < -0.3 is 10.6 Å². The van der Waals surface area contributed by atoms with Crippen molar-refractivity contribution in [3.63, 3.8) is 0 Å². The van der Waals surface area contributed by atoms with Crippen LogP contribution in [0.4, 0.5) is 0 Å². The Labute approximate surface area is 109 Å². The van der Waals surface area contributed by atoms with Crippen molar-refractivity contribution in [2.45, 2.75) is 43.9 Å². The molecule has 2 aliphatic rings. The van der Waals surface area contributed by atoms with Crippen molar-refractivity contribution in [3.8, 4) is 0 Å². The minimum atomic E-state index is -3.22. The second-order valence-electron chi connectivity index (χ2n) is 5.44. The monoisotopic (exact) mass is 274 g/mol. The highest BCUT2D eigenvalue weighted by atomic mass is 32.2. The molecule has 0 bridgehead atoms. The number of rotatable bonds is 2. The number of nitrogens with one attached hydrogen (secondary N) is 2. The Kier molecular flexibility index (Phi) is 4.27. The van der Waals surface area contributed by atoms with E-state index in [2.05, 4.69) is 17.6 Å². The molecule has 2 N–H and O–H groups in total. The van der Waals surface area contributed by atoms with E-state index in [9.17, 15) is 13.2 Å². The molecule has 0 aromatic heterocycles. The van der Waals surface area contributed by atoms with Gasteiger partial charge in [0.05, 0.1) is 5.75 Å². The molecule has 2 aliphatic heterocycles. The second-order valence-corrected chi connectivity index (χ2v) is 7.74. The molecule has 2 heterocycles. The maximum Gasteiger partial charge on any atom is 0.238 e. The van der Waals surface area contributed by atoms with E-state index >= 15 is 0 Å². The summed E-state index contributed by atoms with van der Waals surface area (Å²) in [5, 5.41) is 5.39. The predicted molar refractivity (Wildman–Crippen MR) is 70.0 cm³/mol. The maximum absolute atomic E-state index is 12.1. The van der Waals surface area contributed by atoms with E-state index in [1.54, 1.807) is 0 Å². The van der Waals surface area contributed by atoms with E-state index in [4.69, 9.17) is 0 Å². The van der Waals surface area contributed by atoms with Gasteiger partial charge in [-0.2, -0.15) is 0 Å². The van der Waals surface area contributed by atoms with Crippen molar-refractivity contribution in [1.29, 1.82) is 0 Å². The molecule has 18 heavy (non-hydrogen) atoms. The van der Waals surface area contributed by atoms with Gasteiger partial charge >= 0.3 is 0 Å². The average Bonchev–Trinajstić information content (AvgIpc) is 2.31. The Balaban J connectivity index is 1.98. The fourth-order valence-corrected chi connectivity index (χ4v) is 4.56. The van der Waals surface area contributed by atoms with Crippen LogP contribution in [-0.4, -0.2) is 44.5 Å². The first-order chi connectivity index (χ1) is 8.50. The molecule has 2 rings (SSSR count). The Bertz CT molecular complexity index is 408. The summed E-state index contributed by atoms with van der Waals surface area (Å²) in [7, 11) is -3.22. The van der Waals surface area contributed by atoms with Crippen molar-refractivity contribution in [2.24, 2.45) is 5.92 Å². The molecular weight excluding hydrogens is 252 g/mol. The standard InChI is InChI=1S/C12H22N2O3S/c1-9-8-13-6-5-10(9)14-12(15)11-4-2-3-7-18(11,16)17/h9-11,13H,2-8H2,1H3,(H,14,15). The average molecular weight is 274 g/mol. The van der Waals surface area contributed by atoms with Gasteiger partial charge in [-0.3, -0.25) is 4.79 Å². The highest BCUT2D eigenvalue weighted by molar-refractivity contribution is 7.92. The summed E-state index contributed by atoms with van der Waals surface area (Å²) in [5.74, 6) is 0.231. The Morgan fingerprint density at radius 3 is 2.72 bits per heavy atom. The van der Waals surface area contributed by atoms with Crippen LogP contribution in [0.3, 0.4) is 0 Å². The van der Waals surface area contributed by atoms with Crippen LogP contribution < -0.4 is 10.6 Å². The summed E-state index contributed by atoms with van der Waals surface area (Å²) >= 11 is 0. The van der Waals surface area contributed by atoms with Gasteiger partial charge in [0.15, 0.2) is 9.84 Å². The zero-order valence-corrected chi connectivity index (χ0v) is 11.6. The first kappa shape index (κ1) is 13.8. The molecule has 0 aromatic rings. The fraction of sp³-hybridized carbons (Fsp3) is 0.917. The minimum Gasteiger partial charge on any atom is -0.352 e. The summed E-state index contributed by atoms with van der Waals surface area (Å²) in [6.45, 7) is 3.83. The van der Waals surface area contributed by atoms with Crippen molar-refractivity contribution >= 4 is 15.7 Å². The zero-order chi connectivity index (χ0) is 13.2. The van der Waals surface area contributed by atoms with Crippen LogP contribution in [0.25, 0.3) is 0 Å². The quantitative estimate of drug-likeness (QED) is 0.747. The molecular formula is C12H22N2O3S. The normalized spacial score (nSPS) is 35.9. The van der Waals surface area contributed by atoms with Crippen LogP contribution in [0.5, 0.6) is 0 Å². The van der Waals surface area contributed by atoms with Gasteiger partial charge in [-0.25, -0.2) is 8.42 Å². The molecule has 0 saturated carbocycles. The molecule has 104 valence electrons. The van der Waals surface area contributed by atoms with Gasteiger partial charge in [-0.05, 0) is 38.3 Å². The van der Waals surface area contributed by atoms with Crippen LogP contribution in [0.1, 0.15) is 32.6 Å². The largest absolute Gasteiger partial charge is 0.352 e. The Morgan fingerprint density at radius 1 is 1.28 bits per heavy atom. The summed E-state index contributed by atoms with van der Waals surface area (Å²) < 4.78 is 23.7. The van der Waals surface area contributed by atoms with Gasteiger partial charge in [0.1, 0.15) is 5.25 Å². The van der Waals surface area contributed by atoms with E-state index in [0.29, 0.717) is 18.8 Å². The van der Waals surface area contributed by atoms with Gasteiger partial charge in [0.25, 0.3) is 0 Å². The molecule has 2 saturated heterocycles. The van der Waals surface area contributed by atoms with Gasteiger partial charge in [0.2, 0.25) is 5.91 Å². The molecule has 0 radical (unpaired) electrons. The highest BCUT2D eigenvalue weighted by Gasteiger charge is 2.36. The van der Waals surface area contributed by atoms with Crippen LogP contribution in [0, 0.1) is 5.92 Å². The first-order valence-corrected chi connectivity index (χ1v) is 8.45. The molecule has 2 fully saturated rings.